The summed E-state index contributed by atoms with van der Waals surface area (Å²) in [6.07, 6.45) is 7.04. The predicted octanol–water partition coefficient (Wildman–Crippen LogP) is 2.82. The van der Waals surface area contributed by atoms with Gasteiger partial charge >= 0.3 is 0 Å². The molecule has 1 aliphatic rings. The van der Waals surface area contributed by atoms with Crippen LogP contribution in [0.2, 0.25) is 0 Å². The minimum absolute atomic E-state index is 0.319. The third-order valence-electron chi connectivity index (χ3n) is 4.44. The lowest BCUT2D eigenvalue weighted by Gasteiger charge is -2.26. The molecule has 0 radical (unpaired) electrons. The lowest BCUT2D eigenvalue weighted by molar-refractivity contribution is 0.497. The highest BCUT2D eigenvalue weighted by atomic mass is 15.2. The van der Waals surface area contributed by atoms with E-state index >= 15 is 0 Å². The molecule has 3 aromatic rings. The summed E-state index contributed by atoms with van der Waals surface area (Å²) in [4.78, 5) is 15.4. The van der Waals surface area contributed by atoms with Crippen LogP contribution in [-0.2, 0) is 6.42 Å². The molecule has 2 aromatic heterocycles. The summed E-state index contributed by atoms with van der Waals surface area (Å²) in [6, 6.07) is 9.04. The minimum Gasteiger partial charge on any atom is -0.361 e. The summed E-state index contributed by atoms with van der Waals surface area (Å²) in [6.45, 7) is 0. The van der Waals surface area contributed by atoms with E-state index in [-0.39, 0.29) is 0 Å². The first kappa shape index (κ1) is 13.2. The number of nitrogens with zero attached hydrogens (tertiary/aromatic N) is 5. The molecule has 0 fully saturated rings. The quantitative estimate of drug-likeness (QED) is 0.729. The van der Waals surface area contributed by atoms with E-state index in [0.29, 0.717) is 6.04 Å². The van der Waals surface area contributed by atoms with Crippen molar-refractivity contribution in [3.63, 3.8) is 0 Å². The third-order valence-corrected chi connectivity index (χ3v) is 4.44. The van der Waals surface area contributed by atoms with Gasteiger partial charge in [0, 0.05) is 14.1 Å². The van der Waals surface area contributed by atoms with Crippen molar-refractivity contribution in [2.24, 2.45) is 0 Å². The fourth-order valence-electron chi connectivity index (χ4n) is 3.41. The van der Waals surface area contributed by atoms with Gasteiger partial charge in [-0.3, -0.25) is 0 Å². The highest BCUT2D eigenvalue weighted by Crippen LogP contribution is 2.34. The second-order valence-corrected chi connectivity index (χ2v) is 6.02. The van der Waals surface area contributed by atoms with Gasteiger partial charge in [0.25, 0.3) is 0 Å². The van der Waals surface area contributed by atoms with Gasteiger partial charge in [0.15, 0.2) is 17.0 Å². The molecule has 0 bridgehead atoms. The van der Waals surface area contributed by atoms with Crippen molar-refractivity contribution >= 4 is 17.0 Å². The van der Waals surface area contributed by atoms with Crippen LogP contribution < -0.4 is 4.90 Å². The molecule has 112 valence electrons. The van der Waals surface area contributed by atoms with Gasteiger partial charge in [-0.05, 0) is 30.4 Å². The molecule has 1 aliphatic carbocycles. The third kappa shape index (κ3) is 1.96. The van der Waals surface area contributed by atoms with Crippen LogP contribution in [0, 0.1) is 0 Å². The molecular weight excluding hydrogens is 274 g/mol. The van der Waals surface area contributed by atoms with Gasteiger partial charge in [0.05, 0.1) is 12.4 Å². The van der Waals surface area contributed by atoms with Crippen molar-refractivity contribution in [2.75, 3.05) is 19.0 Å². The fraction of sp³-hybridized carbons (Fsp3) is 0.353. The molecule has 1 unspecified atom stereocenters. The number of imidazole rings is 1. The van der Waals surface area contributed by atoms with Gasteiger partial charge in [-0.25, -0.2) is 15.0 Å². The molecule has 0 saturated heterocycles. The van der Waals surface area contributed by atoms with Gasteiger partial charge in [-0.1, -0.05) is 24.3 Å². The van der Waals surface area contributed by atoms with E-state index in [4.69, 9.17) is 0 Å². The molecule has 0 N–H and O–H groups in total. The zero-order valence-corrected chi connectivity index (χ0v) is 12.9. The standard InChI is InChI=1S/C17H19N5/c1-21(2)16-15-17(19-10-18-16)22(11-20-15)14-9-5-7-12-6-3-4-8-13(12)14/h3-4,6,8,10-11,14H,5,7,9H2,1-2H3. The van der Waals surface area contributed by atoms with Gasteiger partial charge in [-0.15, -0.1) is 0 Å². The maximum Gasteiger partial charge on any atom is 0.166 e. The highest BCUT2D eigenvalue weighted by molar-refractivity contribution is 5.83. The Kier molecular flexibility index (Phi) is 3.06. The van der Waals surface area contributed by atoms with E-state index in [0.717, 1.165) is 29.8 Å². The van der Waals surface area contributed by atoms with Crippen LogP contribution in [0.25, 0.3) is 11.2 Å². The molecule has 0 amide bonds. The molecule has 22 heavy (non-hydrogen) atoms. The molecule has 1 atom stereocenters. The number of aryl methyl sites for hydroxylation is 1. The summed E-state index contributed by atoms with van der Waals surface area (Å²) in [5.41, 5.74) is 4.64. The van der Waals surface area contributed by atoms with Crippen LogP contribution in [0.3, 0.4) is 0 Å². The molecule has 4 rings (SSSR count). The molecule has 0 aliphatic heterocycles. The number of aromatic nitrogens is 4. The molecule has 0 spiro atoms. The Labute approximate surface area is 129 Å². The molecule has 5 heteroatoms. The smallest absolute Gasteiger partial charge is 0.166 e. The Morgan fingerprint density at radius 3 is 2.86 bits per heavy atom. The van der Waals surface area contributed by atoms with Gasteiger partial charge < -0.3 is 9.47 Å². The molecular formula is C17H19N5. The van der Waals surface area contributed by atoms with Crippen molar-refractivity contribution in [3.8, 4) is 0 Å². The van der Waals surface area contributed by atoms with Crippen LogP contribution in [0.5, 0.6) is 0 Å². The maximum absolute atomic E-state index is 4.58. The van der Waals surface area contributed by atoms with Crippen molar-refractivity contribution in [1.82, 2.24) is 19.5 Å². The second kappa shape index (κ2) is 5.09. The van der Waals surface area contributed by atoms with Crippen molar-refractivity contribution < 1.29 is 0 Å². The molecule has 5 nitrogen and oxygen atoms in total. The summed E-state index contributed by atoms with van der Waals surface area (Å²) >= 11 is 0. The summed E-state index contributed by atoms with van der Waals surface area (Å²) in [7, 11) is 3.97. The largest absolute Gasteiger partial charge is 0.361 e. The van der Waals surface area contributed by atoms with E-state index in [1.54, 1.807) is 6.33 Å². The zero-order chi connectivity index (χ0) is 15.1. The first-order chi connectivity index (χ1) is 10.8. The van der Waals surface area contributed by atoms with Crippen LogP contribution in [0.15, 0.2) is 36.9 Å². The SMILES string of the molecule is CN(C)c1ncnc2c1ncn2C1CCCc2ccccc21. The molecule has 0 saturated carbocycles. The van der Waals surface area contributed by atoms with Crippen molar-refractivity contribution in [2.45, 2.75) is 25.3 Å². The van der Waals surface area contributed by atoms with E-state index in [2.05, 4.69) is 43.8 Å². The topological polar surface area (TPSA) is 46.8 Å². The van der Waals surface area contributed by atoms with E-state index in [1.807, 2.05) is 25.3 Å². The lowest BCUT2D eigenvalue weighted by atomic mass is 9.87. The molecule has 1 aromatic carbocycles. The Hall–Kier alpha value is -2.43. The van der Waals surface area contributed by atoms with Gasteiger partial charge in [0.1, 0.15) is 6.33 Å². The average Bonchev–Trinajstić information content (AvgIpc) is 2.98. The van der Waals surface area contributed by atoms with Crippen LogP contribution in [0.1, 0.15) is 30.0 Å². The van der Waals surface area contributed by atoms with Crippen molar-refractivity contribution in [3.05, 3.63) is 48.0 Å². The number of fused-ring (bicyclic) bond motifs is 2. The lowest BCUT2D eigenvalue weighted by Crippen LogP contribution is -2.17. The first-order valence-corrected chi connectivity index (χ1v) is 7.68. The Balaban J connectivity index is 1.88. The number of anilines is 1. The summed E-state index contributed by atoms with van der Waals surface area (Å²) < 4.78 is 2.21. The van der Waals surface area contributed by atoms with E-state index in [9.17, 15) is 0 Å². The zero-order valence-electron chi connectivity index (χ0n) is 12.9. The van der Waals surface area contributed by atoms with E-state index < -0.39 is 0 Å². The normalized spacial score (nSPS) is 17.5. The van der Waals surface area contributed by atoms with Crippen molar-refractivity contribution in [1.29, 1.82) is 0 Å². The highest BCUT2D eigenvalue weighted by Gasteiger charge is 2.24. The van der Waals surface area contributed by atoms with Crippen LogP contribution >= 0.6 is 0 Å². The Morgan fingerprint density at radius 1 is 1.14 bits per heavy atom. The summed E-state index contributed by atoms with van der Waals surface area (Å²) in [5, 5.41) is 0. The minimum atomic E-state index is 0.319. The number of hydrogen-bond acceptors (Lipinski definition) is 4. The Morgan fingerprint density at radius 2 is 2.00 bits per heavy atom. The average molecular weight is 293 g/mol. The van der Waals surface area contributed by atoms with Gasteiger partial charge in [-0.2, -0.15) is 0 Å². The van der Waals surface area contributed by atoms with Crippen LogP contribution in [0.4, 0.5) is 5.82 Å². The first-order valence-electron chi connectivity index (χ1n) is 7.68. The maximum atomic E-state index is 4.58. The Bertz CT molecular complexity index is 821. The fourth-order valence-corrected chi connectivity index (χ4v) is 3.41. The summed E-state index contributed by atoms with van der Waals surface area (Å²) in [5.74, 6) is 0.868. The second-order valence-electron chi connectivity index (χ2n) is 6.02. The van der Waals surface area contributed by atoms with E-state index in [1.165, 1.54) is 17.5 Å². The number of benzene rings is 1. The predicted molar refractivity (Wildman–Crippen MR) is 87.2 cm³/mol. The molecule has 2 heterocycles. The van der Waals surface area contributed by atoms with Crippen LogP contribution in [-0.4, -0.2) is 33.6 Å². The van der Waals surface area contributed by atoms with Gasteiger partial charge in [0.2, 0.25) is 0 Å². The monoisotopic (exact) mass is 293 g/mol. The number of hydrogen-bond donors (Lipinski definition) is 0. The number of rotatable bonds is 2.